The Morgan fingerprint density at radius 2 is 2.22 bits per heavy atom. The monoisotopic (exact) mass is 125 g/mol. The molecule has 1 unspecified atom stereocenters. The Labute approximate surface area is 57.4 Å². The average Bonchev–Trinajstić information content (AvgIpc) is 1.86. The van der Waals surface area contributed by atoms with Gasteiger partial charge < -0.3 is 5.23 Å². The fourth-order valence-electron chi connectivity index (χ4n) is 0.453. The van der Waals surface area contributed by atoms with Crippen LogP contribution in [0.25, 0.3) is 0 Å². The van der Waals surface area contributed by atoms with Gasteiger partial charge in [0.25, 0.3) is 0 Å². The molecule has 1 N–H and O–H groups in total. The predicted molar refractivity (Wildman–Crippen MR) is 38.3 cm³/mol. The summed E-state index contributed by atoms with van der Waals surface area (Å²) in [6, 6.07) is 0. The standard InChI is InChI=1S/C6H12BNO/c1-4-6(3,8-7)5(2)9/h8H,4H2,1-3H3. The van der Waals surface area contributed by atoms with Gasteiger partial charge in [0.05, 0.1) is 5.54 Å². The largest absolute Gasteiger partial charge is 0.355 e. The van der Waals surface area contributed by atoms with Crippen molar-refractivity contribution in [2.24, 2.45) is 0 Å². The Kier molecular flexibility index (Phi) is 2.91. The van der Waals surface area contributed by atoms with E-state index in [1.54, 1.807) is 6.92 Å². The van der Waals surface area contributed by atoms with E-state index in [0.29, 0.717) is 0 Å². The molecule has 0 aromatic rings. The summed E-state index contributed by atoms with van der Waals surface area (Å²) in [5, 5.41) is 2.48. The van der Waals surface area contributed by atoms with Crippen LogP contribution in [0.2, 0.25) is 0 Å². The highest BCUT2D eigenvalue weighted by Crippen LogP contribution is 2.07. The minimum atomic E-state index is -0.528. The molecule has 2 radical (unpaired) electrons. The molecule has 1 atom stereocenters. The summed E-state index contributed by atoms with van der Waals surface area (Å²) in [6.45, 7) is 5.24. The molecule has 0 heterocycles. The molecule has 0 bridgehead atoms. The molecule has 0 saturated carbocycles. The molecule has 0 spiro atoms. The van der Waals surface area contributed by atoms with E-state index >= 15 is 0 Å². The lowest BCUT2D eigenvalue weighted by Gasteiger charge is -2.24. The second-order valence-electron chi connectivity index (χ2n) is 2.39. The topological polar surface area (TPSA) is 29.1 Å². The summed E-state index contributed by atoms with van der Waals surface area (Å²) in [6.07, 6.45) is 0.721. The van der Waals surface area contributed by atoms with Crippen LogP contribution in [0.1, 0.15) is 27.2 Å². The highest BCUT2D eigenvalue weighted by atomic mass is 16.1. The van der Waals surface area contributed by atoms with Crippen molar-refractivity contribution >= 4 is 13.8 Å². The van der Waals surface area contributed by atoms with Crippen LogP contribution >= 0.6 is 0 Å². The molecule has 3 heteroatoms. The molecule has 0 saturated heterocycles. The Bertz CT molecular complexity index is 110. The summed E-state index contributed by atoms with van der Waals surface area (Å²) in [5.41, 5.74) is -0.528. The minimum absolute atomic E-state index is 0.0764. The molecular formula is C6H12BNO. The Morgan fingerprint density at radius 1 is 1.78 bits per heavy atom. The lowest BCUT2D eigenvalue weighted by molar-refractivity contribution is -0.122. The summed E-state index contributed by atoms with van der Waals surface area (Å²) in [4.78, 5) is 10.8. The molecule has 0 aliphatic rings. The fourth-order valence-corrected chi connectivity index (χ4v) is 0.453. The molecule has 9 heavy (non-hydrogen) atoms. The number of hydrogen-bond donors (Lipinski definition) is 1. The van der Waals surface area contributed by atoms with E-state index in [0.717, 1.165) is 6.42 Å². The van der Waals surface area contributed by atoms with E-state index in [-0.39, 0.29) is 5.78 Å². The fraction of sp³-hybridized carbons (Fsp3) is 0.833. The molecule has 0 amide bonds. The van der Waals surface area contributed by atoms with Gasteiger partial charge in [-0.15, -0.1) is 0 Å². The number of carbonyl (C=O) groups is 1. The Morgan fingerprint density at radius 3 is 2.22 bits per heavy atom. The van der Waals surface area contributed by atoms with Crippen molar-refractivity contribution in [3.8, 4) is 0 Å². The highest BCUT2D eigenvalue weighted by molar-refractivity contribution is 6.07. The van der Waals surface area contributed by atoms with Crippen molar-refractivity contribution < 1.29 is 4.79 Å². The number of carbonyl (C=O) groups excluding carboxylic acids is 1. The molecule has 0 aromatic carbocycles. The zero-order chi connectivity index (χ0) is 7.49. The third-order valence-electron chi connectivity index (χ3n) is 1.80. The predicted octanol–water partition coefficient (Wildman–Crippen LogP) is 0.417. The normalized spacial score (nSPS) is 16.8. The van der Waals surface area contributed by atoms with E-state index in [4.69, 9.17) is 7.98 Å². The first-order valence-electron chi connectivity index (χ1n) is 3.05. The van der Waals surface area contributed by atoms with E-state index in [2.05, 4.69) is 5.23 Å². The first-order valence-corrected chi connectivity index (χ1v) is 3.05. The van der Waals surface area contributed by atoms with Crippen molar-refractivity contribution in [3.63, 3.8) is 0 Å². The second kappa shape index (κ2) is 3.02. The average molecular weight is 125 g/mol. The molecule has 0 aliphatic heterocycles. The van der Waals surface area contributed by atoms with E-state index in [1.807, 2.05) is 6.92 Å². The van der Waals surface area contributed by atoms with Crippen LogP contribution in [-0.2, 0) is 4.79 Å². The molecular weight excluding hydrogens is 113 g/mol. The molecule has 0 aromatic heterocycles. The maximum absolute atomic E-state index is 10.8. The summed E-state index contributed by atoms with van der Waals surface area (Å²) in [5.74, 6) is 0.0764. The van der Waals surface area contributed by atoms with Crippen LogP contribution in [0.4, 0.5) is 0 Å². The summed E-state index contributed by atoms with van der Waals surface area (Å²) in [7, 11) is 5.15. The number of Topliss-reactive ketones (excluding diaryl/α,β-unsaturated/α-hetero) is 1. The number of nitrogens with one attached hydrogen (secondary N) is 1. The number of rotatable bonds is 3. The smallest absolute Gasteiger partial charge is 0.179 e. The maximum Gasteiger partial charge on any atom is 0.179 e. The Hall–Kier alpha value is -0.305. The summed E-state index contributed by atoms with van der Waals surface area (Å²) >= 11 is 0. The SMILES string of the molecule is [B]NC(C)(CC)C(C)=O. The summed E-state index contributed by atoms with van der Waals surface area (Å²) < 4.78 is 0. The number of hydrogen-bond acceptors (Lipinski definition) is 2. The first-order chi connectivity index (χ1) is 4.06. The molecule has 50 valence electrons. The zero-order valence-electron chi connectivity index (χ0n) is 6.19. The zero-order valence-corrected chi connectivity index (χ0v) is 6.19. The second-order valence-corrected chi connectivity index (χ2v) is 2.39. The van der Waals surface area contributed by atoms with Gasteiger partial charge in [0.2, 0.25) is 0 Å². The maximum atomic E-state index is 10.8. The molecule has 0 rings (SSSR count). The van der Waals surface area contributed by atoms with Gasteiger partial charge in [-0.2, -0.15) is 0 Å². The van der Waals surface area contributed by atoms with Crippen molar-refractivity contribution in [2.45, 2.75) is 32.7 Å². The van der Waals surface area contributed by atoms with Crippen LogP contribution in [0.5, 0.6) is 0 Å². The number of ketones is 1. The van der Waals surface area contributed by atoms with Crippen molar-refractivity contribution in [3.05, 3.63) is 0 Å². The van der Waals surface area contributed by atoms with Gasteiger partial charge in [-0.1, -0.05) is 6.92 Å². The van der Waals surface area contributed by atoms with Gasteiger partial charge in [-0.05, 0) is 20.3 Å². The molecule has 2 nitrogen and oxygen atoms in total. The third-order valence-corrected chi connectivity index (χ3v) is 1.80. The Balaban J connectivity index is 4.09. The minimum Gasteiger partial charge on any atom is -0.355 e. The van der Waals surface area contributed by atoms with Crippen LogP contribution in [0.3, 0.4) is 0 Å². The quantitative estimate of drug-likeness (QED) is 0.553. The lowest BCUT2D eigenvalue weighted by Crippen LogP contribution is -2.46. The van der Waals surface area contributed by atoms with Gasteiger partial charge in [0.15, 0.2) is 7.98 Å². The lowest BCUT2D eigenvalue weighted by atomic mass is 9.92. The van der Waals surface area contributed by atoms with Crippen LogP contribution in [-0.4, -0.2) is 19.3 Å². The van der Waals surface area contributed by atoms with Crippen molar-refractivity contribution in [2.75, 3.05) is 0 Å². The van der Waals surface area contributed by atoms with Crippen LogP contribution in [0, 0.1) is 0 Å². The molecule has 0 aliphatic carbocycles. The van der Waals surface area contributed by atoms with Crippen molar-refractivity contribution in [1.82, 2.24) is 5.23 Å². The van der Waals surface area contributed by atoms with Gasteiger partial charge in [0, 0.05) is 0 Å². The highest BCUT2D eigenvalue weighted by Gasteiger charge is 2.23. The van der Waals surface area contributed by atoms with Gasteiger partial charge in [-0.25, -0.2) is 0 Å². The van der Waals surface area contributed by atoms with Crippen LogP contribution in [0.15, 0.2) is 0 Å². The first kappa shape index (κ1) is 8.69. The van der Waals surface area contributed by atoms with Gasteiger partial charge >= 0.3 is 0 Å². The third kappa shape index (κ3) is 1.82. The van der Waals surface area contributed by atoms with Crippen molar-refractivity contribution in [1.29, 1.82) is 0 Å². The van der Waals surface area contributed by atoms with Crippen LogP contribution < -0.4 is 5.23 Å². The molecule has 0 fully saturated rings. The van der Waals surface area contributed by atoms with E-state index in [1.165, 1.54) is 6.92 Å². The van der Waals surface area contributed by atoms with Gasteiger partial charge in [0.1, 0.15) is 5.78 Å². The van der Waals surface area contributed by atoms with Gasteiger partial charge in [-0.3, -0.25) is 4.79 Å². The van der Waals surface area contributed by atoms with E-state index < -0.39 is 5.54 Å². The van der Waals surface area contributed by atoms with E-state index in [9.17, 15) is 4.79 Å².